The van der Waals surface area contributed by atoms with E-state index in [0.29, 0.717) is 24.3 Å². The molecule has 1 aromatic carbocycles. The van der Waals surface area contributed by atoms with E-state index in [1.54, 1.807) is 7.11 Å². The molecule has 1 fully saturated rings. The maximum atomic E-state index is 8.70. The third-order valence-corrected chi connectivity index (χ3v) is 3.21. The van der Waals surface area contributed by atoms with E-state index in [9.17, 15) is 0 Å². The van der Waals surface area contributed by atoms with Crippen molar-refractivity contribution in [1.82, 2.24) is 0 Å². The molecule has 90 valence electrons. The number of hydrogen-bond acceptors (Lipinski definition) is 4. The summed E-state index contributed by atoms with van der Waals surface area (Å²) in [6.07, 6.45) is 2.81. The average Bonchev–Trinajstić information content (AvgIpc) is 2.27. The highest BCUT2D eigenvalue weighted by molar-refractivity contribution is 5.58. The maximum absolute atomic E-state index is 8.70. The number of anilines is 2. The summed E-state index contributed by atoms with van der Waals surface area (Å²) in [4.78, 5) is 0. The number of rotatable bonds is 4. The number of nitrogens with one attached hydrogen (secondary N) is 1. The molecule has 0 atom stereocenters. The standard InChI is InChI=1S/C13H17N3O/c1-17-12-7-11(8-12)16-10-2-3-13(15)9(6-10)4-5-14/h2-3,6,11-12,16H,4,7-8,15H2,1H3. The Bertz CT molecular complexity index is 433. The molecule has 1 saturated carbocycles. The summed E-state index contributed by atoms with van der Waals surface area (Å²) in [6, 6.07) is 8.35. The molecule has 4 nitrogen and oxygen atoms in total. The zero-order chi connectivity index (χ0) is 12.3. The highest BCUT2D eigenvalue weighted by atomic mass is 16.5. The number of nitrogens with two attached hydrogens (primary N) is 1. The van der Waals surface area contributed by atoms with Crippen LogP contribution in [0.25, 0.3) is 0 Å². The van der Waals surface area contributed by atoms with E-state index < -0.39 is 0 Å². The van der Waals surface area contributed by atoms with Crippen molar-refractivity contribution in [3.8, 4) is 6.07 Å². The number of nitriles is 1. The van der Waals surface area contributed by atoms with E-state index in [2.05, 4.69) is 11.4 Å². The summed E-state index contributed by atoms with van der Waals surface area (Å²) in [6.45, 7) is 0. The van der Waals surface area contributed by atoms with Gasteiger partial charge in [-0.15, -0.1) is 0 Å². The molecule has 0 saturated heterocycles. The lowest BCUT2D eigenvalue weighted by atomic mass is 9.89. The van der Waals surface area contributed by atoms with E-state index in [1.807, 2.05) is 18.2 Å². The SMILES string of the molecule is COC1CC(Nc2ccc(N)c(CC#N)c2)C1. The van der Waals surface area contributed by atoms with Crippen LogP contribution < -0.4 is 11.1 Å². The number of methoxy groups -OCH3 is 1. The van der Waals surface area contributed by atoms with Gasteiger partial charge in [0, 0.05) is 24.5 Å². The molecule has 0 unspecified atom stereocenters. The van der Waals surface area contributed by atoms with Crippen LogP contribution in [0.4, 0.5) is 11.4 Å². The molecule has 0 aromatic heterocycles. The van der Waals surface area contributed by atoms with Gasteiger partial charge < -0.3 is 15.8 Å². The molecule has 0 heterocycles. The van der Waals surface area contributed by atoms with E-state index in [-0.39, 0.29) is 0 Å². The summed E-state index contributed by atoms with van der Waals surface area (Å²) in [7, 11) is 1.75. The maximum Gasteiger partial charge on any atom is 0.0670 e. The molecule has 1 aliphatic rings. The lowest BCUT2D eigenvalue weighted by molar-refractivity contribution is 0.0329. The van der Waals surface area contributed by atoms with E-state index in [1.165, 1.54) is 0 Å². The van der Waals surface area contributed by atoms with E-state index in [4.69, 9.17) is 15.7 Å². The van der Waals surface area contributed by atoms with Gasteiger partial charge in [0.05, 0.1) is 18.6 Å². The largest absolute Gasteiger partial charge is 0.398 e. The van der Waals surface area contributed by atoms with Crippen molar-refractivity contribution in [2.24, 2.45) is 0 Å². The third kappa shape index (κ3) is 2.69. The summed E-state index contributed by atoms with van der Waals surface area (Å²) in [5, 5.41) is 12.1. The topological polar surface area (TPSA) is 71.1 Å². The molecule has 17 heavy (non-hydrogen) atoms. The van der Waals surface area contributed by atoms with Crippen molar-refractivity contribution in [2.45, 2.75) is 31.4 Å². The van der Waals surface area contributed by atoms with Gasteiger partial charge in [-0.05, 0) is 36.6 Å². The Morgan fingerprint density at radius 3 is 2.94 bits per heavy atom. The summed E-state index contributed by atoms with van der Waals surface area (Å²) in [5.74, 6) is 0. The van der Waals surface area contributed by atoms with E-state index >= 15 is 0 Å². The van der Waals surface area contributed by atoms with Crippen LogP contribution in [0.2, 0.25) is 0 Å². The van der Waals surface area contributed by atoms with Gasteiger partial charge in [0.15, 0.2) is 0 Å². The highest BCUT2D eigenvalue weighted by Gasteiger charge is 2.28. The smallest absolute Gasteiger partial charge is 0.0670 e. The molecule has 1 aromatic rings. The minimum Gasteiger partial charge on any atom is -0.398 e. The summed E-state index contributed by atoms with van der Waals surface area (Å²) in [5.41, 5.74) is 8.40. The fourth-order valence-corrected chi connectivity index (χ4v) is 2.05. The summed E-state index contributed by atoms with van der Waals surface area (Å²) < 4.78 is 5.23. The molecule has 4 heteroatoms. The van der Waals surface area contributed by atoms with Crippen LogP contribution in [-0.2, 0) is 11.2 Å². The van der Waals surface area contributed by atoms with Crippen LogP contribution in [0.3, 0.4) is 0 Å². The Morgan fingerprint density at radius 1 is 1.53 bits per heavy atom. The number of benzene rings is 1. The van der Waals surface area contributed by atoms with Gasteiger partial charge in [-0.3, -0.25) is 0 Å². The van der Waals surface area contributed by atoms with Crippen molar-refractivity contribution < 1.29 is 4.74 Å². The number of nitrogen functional groups attached to an aromatic ring is 1. The Labute approximate surface area is 101 Å². The minimum atomic E-state index is 0.354. The second-order valence-corrected chi connectivity index (χ2v) is 4.42. The zero-order valence-electron chi connectivity index (χ0n) is 9.94. The van der Waals surface area contributed by atoms with Gasteiger partial charge in [-0.2, -0.15) is 5.26 Å². The van der Waals surface area contributed by atoms with Gasteiger partial charge in [-0.25, -0.2) is 0 Å². The van der Waals surface area contributed by atoms with Gasteiger partial charge in [0.1, 0.15) is 0 Å². The Kier molecular flexibility index (Phi) is 3.50. The monoisotopic (exact) mass is 231 g/mol. The first kappa shape index (κ1) is 11.7. The Balaban J connectivity index is 1.98. The molecule has 1 aliphatic carbocycles. The molecule has 0 bridgehead atoms. The number of nitrogens with zero attached hydrogens (tertiary/aromatic N) is 1. The Morgan fingerprint density at radius 2 is 2.29 bits per heavy atom. The fraction of sp³-hybridized carbons (Fsp3) is 0.462. The first-order valence-electron chi connectivity index (χ1n) is 5.77. The third-order valence-electron chi connectivity index (χ3n) is 3.21. The normalized spacial score (nSPS) is 22.6. The molecule has 0 radical (unpaired) electrons. The molecular weight excluding hydrogens is 214 g/mol. The van der Waals surface area contributed by atoms with Crippen LogP contribution in [-0.4, -0.2) is 19.3 Å². The summed E-state index contributed by atoms with van der Waals surface area (Å²) >= 11 is 0. The van der Waals surface area contributed by atoms with Gasteiger partial charge in [0.2, 0.25) is 0 Å². The second-order valence-electron chi connectivity index (χ2n) is 4.42. The fourth-order valence-electron chi connectivity index (χ4n) is 2.05. The lowest BCUT2D eigenvalue weighted by Crippen LogP contribution is -2.40. The lowest BCUT2D eigenvalue weighted by Gasteiger charge is -2.35. The van der Waals surface area contributed by atoms with Crippen molar-refractivity contribution >= 4 is 11.4 Å². The second kappa shape index (κ2) is 5.07. The highest BCUT2D eigenvalue weighted by Crippen LogP contribution is 2.27. The number of hydrogen-bond donors (Lipinski definition) is 2. The van der Waals surface area contributed by atoms with E-state index in [0.717, 1.165) is 24.1 Å². The van der Waals surface area contributed by atoms with Crippen molar-refractivity contribution in [3.05, 3.63) is 23.8 Å². The van der Waals surface area contributed by atoms with Crippen LogP contribution in [0.15, 0.2) is 18.2 Å². The van der Waals surface area contributed by atoms with Crippen LogP contribution in [0.1, 0.15) is 18.4 Å². The van der Waals surface area contributed by atoms with Crippen LogP contribution in [0, 0.1) is 11.3 Å². The van der Waals surface area contributed by atoms with Crippen molar-refractivity contribution in [2.75, 3.05) is 18.2 Å². The number of ether oxygens (including phenoxy) is 1. The average molecular weight is 231 g/mol. The molecule has 0 spiro atoms. The predicted molar refractivity (Wildman–Crippen MR) is 67.6 cm³/mol. The molecule has 0 amide bonds. The quantitative estimate of drug-likeness (QED) is 0.777. The first-order valence-corrected chi connectivity index (χ1v) is 5.77. The molecule has 2 rings (SSSR count). The van der Waals surface area contributed by atoms with Gasteiger partial charge in [-0.1, -0.05) is 0 Å². The van der Waals surface area contributed by atoms with Gasteiger partial charge >= 0.3 is 0 Å². The Hall–Kier alpha value is -1.73. The van der Waals surface area contributed by atoms with Crippen LogP contribution >= 0.6 is 0 Å². The predicted octanol–water partition coefficient (Wildman–Crippen LogP) is 1.92. The first-order chi connectivity index (χ1) is 8.22. The van der Waals surface area contributed by atoms with Gasteiger partial charge in [0.25, 0.3) is 0 Å². The van der Waals surface area contributed by atoms with Crippen molar-refractivity contribution in [1.29, 1.82) is 5.26 Å². The minimum absolute atomic E-state index is 0.354. The molecular formula is C13H17N3O. The zero-order valence-corrected chi connectivity index (χ0v) is 9.94. The van der Waals surface area contributed by atoms with Crippen molar-refractivity contribution in [3.63, 3.8) is 0 Å². The van der Waals surface area contributed by atoms with Crippen LogP contribution in [0.5, 0.6) is 0 Å². The molecule has 3 N–H and O–H groups in total. The molecule has 0 aliphatic heterocycles.